The molecule has 2 aliphatic heterocycles. The van der Waals surface area contributed by atoms with E-state index in [0.717, 1.165) is 35.3 Å². The van der Waals surface area contributed by atoms with Crippen LogP contribution in [0.15, 0.2) is 36.7 Å². The topological polar surface area (TPSA) is 117 Å². The first kappa shape index (κ1) is 27.2. The highest BCUT2D eigenvalue weighted by Crippen LogP contribution is 2.40. The highest BCUT2D eigenvalue weighted by molar-refractivity contribution is 5.92. The van der Waals surface area contributed by atoms with E-state index in [1.165, 1.54) is 12.1 Å². The molecule has 11 heteroatoms. The van der Waals surface area contributed by atoms with Crippen LogP contribution in [0.1, 0.15) is 43.0 Å². The van der Waals surface area contributed by atoms with Crippen LogP contribution >= 0.6 is 0 Å². The van der Waals surface area contributed by atoms with E-state index < -0.39 is 23.5 Å². The molecule has 1 aromatic carbocycles. The van der Waals surface area contributed by atoms with Crippen LogP contribution in [0, 0.1) is 12.7 Å². The first-order valence-electron chi connectivity index (χ1n) is 13.1. The number of carboxylic acids is 1. The highest BCUT2D eigenvalue weighted by Gasteiger charge is 2.32. The molecule has 210 valence electrons. The van der Waals surface area contributed by atoms with Crippen LogP contribution < -0.4 is 19.9 Å². The number of benzene rings is 1. The van der Waals surface area contributed by atoms with Gasteiger partial charge in [-0.15, -0.1) is 0 Å². The smallest absolute Gasteiger partial charge is 0.415 e. The van der Waals surface area contributed by atoms with Gasteiger partial charge in [0.1, 0.15) is 29.5 Å². The molecule has 0 saturated heterocycles. The molecule has 40 heavy (non-hydrogen) atoms. The number of anilines is 4. The Labute approximate surface area is 231 Å². The van der Waals surface area contributed by atoms with Crippen molar-refractivity contribution in [1.82, 2.24) is 9.97 Å². The van der Waals surface area contributed by atoms with Crippen LogP contribution in [-0.4, -0.2) is 52.4 Å². The zero-order valence-corrected chi connectivity index (χ0v) is 23.0. The Balaban J connectivity index is 1.37. The number of carboxylic acid groups (broad SMARTS) is 1. The summed E-state index contributed by atoms with van der Waals surface area (Å²) in [6, 6.07) is 6.30. The van der Waals surface area contributed by atoms with Crippen LogP contribution in [0.25, 0.3) is 0 Å². The van der Waals surface area contributed by atoms with Crippen LogP contribution in [0.5, 0.6) is 5.88 Å². The Morgan fingerprint density at radius 2 is 1.95 bits per heavy atom. The fraction of sp³-hybridized carbons (Fsp3) is 0.379. The molecule has 0 unspecified atom stereocenters. The lowest BCUT2D eigenvalue weighted by molar-refractivity contribution is -0.136. The van der Waals surface area contributed by atoms with Crippen molar-refractivity contribution < 1.29 is 28.6 Å². The van der Waals surface area contributed by atoms with Crippen LogP contribution in [-0.2, 0) is 28.9 Å². The van der Waals surface area contributed by atoms with E-state index >= 15 is 0 Å². The van der Waals surface area contributed by atoms with E-state index in [2.05, 4.69) is 20.2 Å². The average Bonchev–Trinajstić information content (AvgIpc) is 2.88. The quantitative estimate of drug-likeness (QED) is 0.454. The summed E-state index contributed by atoms with van der Waals surface area (Å²) in [4.78, 5) is 36.7. The van der Waals surface area contributed by atoms with E-state index in [1.54, 1.807) is 17.2 Å². The fourth-order valence-electron chi connectivity index (χ4n) is 4.94. The largest absolute Gasteiger partial charge is 0.481 e. The summed E-state index contributed by atoms with van der Waals surface area (Å²) in [6.45, 7) is 9.50. The molecule has 3 aromatic rings. The maximum absolute atomic E-state index is 14.4. The molecule has 0 spiro atoms. The van der Waals surface area contributed by atoms with Crippen LogP contribution in [0.2, 0.25) is 0 Å². The van der Waals surface area contributed by atoms with Crippen LogP contribution in [0.3, 0.4) is 0 Å². The summed E-state index contributed by atoms with van der Waals surface area (Å²) in [5.74, 6) is -0.713. The summed E-state index contributed by atoms with van der Waals surface area (Å²) in [5, 5.41) is 12.1. The molecule has 0 fully saturated rings. The molecule has 0 saturated carbocycles. The fourth-order valence-corrected chi connectivity index (χ4v) is 4.94. The lowest BCUT2D eigenvalue weighted by atomic mass is 10.0. The monoisotopic (exact) mass is 549 g/mol. The number of carbonyl (C=O) groups excluding carboxylic acids is 1. The summed E-state index contributed by atoms with van der Waals surface area (Å²) in [5.41, 5.74) is 4.54. The third kappa shape index (κ3) is 5.78. The van der Waals surface area contributed by atoms with E-state index in [-0.39, 0.29) is 12.0 Å². The molecule has 2 aliphatic rings. The summed E-state index contributed by atoms with van der Waals surface area (Å²) in [6.07, 6.45) is 3.55. The first-order chi connectivity index (χ1) is 19.0. The Morgan fingerprint density at radius 3 is 2.67 bits per heavy atom. The predicted octanol–water partition coefficient (Wildman–Crippen LogP) is 4.99. The van der Waals surface area contributed by atoms with Gasteiger partial charge < -0.3 is 24.8 Å². The van der Waals surface area contributed by atoms with Gasteiger partial charge in [0.15, 0.2) is 0 Å². The van der Waals surface area contributed by atoms with Crippen molar-refractivity contribution >= 4 is 34.9 Å². The average molecular weight is 550 g/mol. The molecular weight excluding hydrogens is 517 g/mol. The second-order valence-corrected chi connectivity index (χ2v) is 10.9. The normalized spacial score (nSPS) is 14.6. The van der Waals surface area contributed by atoms with Gasteiger partial charge in [-0.2, -0.15) is 0 Å². The minimum Gasteiger partial charge on any atom is -0.481 e. The third-order valence-electron chi connectivity index (χ3n) is 6.79. The van der Waals surface area contributed by atoms with Gasteiger partial charge in [-0.3, -0.25) is 9.69 Å². The van der Waals surface area contributed by atoms with E-state index in [4.69, 9.17) is 14.6 Å². The number of halogens is 1. The molecule has 0 radical (unpaired) electrons. The number of nitrogens with zero attached hydrogens (tertiary/aromatic N) is 4. The van der Waals surface area contributed by atoms with Gasteiger partial charge in [0.2, 0.25) is 5.88 Å². The van der Waals surface area contributed by atoms with E-state index in [1.807, 2.05) is 40.0 Å². The molecule has 0 aliphatic carbocycles. The number of amides is 1. The van der Waals surface area contributed by atoms with Crippen molar-refractivity contribution in [2.75, 3.05) is 34.8 Å². The minimum absolute atomic E-state index is 0.122. The van der Waals surface area contributed by atoms with Crippen LogP contribution in [0.4, 0.5) is 32.1 Å². The Bertz CT molecular complexity index is 1470. The first-order valence-corrected chi connectivity index (χ1v) is 13.1. The summed E-state index contributed by atoms with van der Waals surface area (Å²) >= 11 is 0. The van der Waals surface area contributed by atoms with Gasteiger partial charge in [0.25, 0.3) is 0 Å². The lowest BCUT2D eigenvalue weighted by Crippen LogP contribution is -2.42. The molecule has 4 heterocycles. The third-order valence-corrected chi connectivity index (χ3v) is 6.79. The van der Waals surface area contributed by atoms with Crippen molar-refractivity contribution in [1.29, 1.82) is 0 Å². The molecular formula is C29H32FN5O5. The second-order valence-electron chi connectivity index (χ2n) is 10.9. The summed E-state index contributed by atoms with van der Waals surface area (Å²) < 4.78 is 25.8. The molecule has 2 aromatic heterocycles. The van der Waals surface area contributed by atoms with Gasteiger partial charge >= 0.3 is 12.1 Å². The van der Waals surface area contributed by atoms with E-state index in [0.29, 0.717) is 42.8 Å². The number of ether oxygens (including phenoxy) is 2. The Kier molecular flexibility index (Phi) is 7.22. The highest BCUT2D eigenvalue weighted by atomic mass is 19.1. The Hall–Kier alpha value is -4.41. The van der Waals surface area contributed by atoms with Crippen molar-refractivity contribution in [2.45, 2.75) is 52.7 Å². The Morgan fingerprint density at radius 1 is 1.15 bits per heavy atom. The molecule has 1 amide bonds. The van der Waals surface area contributed by atoms with Crippen molar-refractivity contribution in [3.05, 3.63) is 64.7 Å². The second kappa shape index (κ2) is 10.6. The number of hydrogen-bond acceptors (Lipinski definition) is 8. The number of fused-ring (bicyclic) bond motifs is 2. The number of nitrogens with one attached hydrogen (secondary N) is 1. The van der Waals surface area contributed by atoms with Gasteiger partial charge in [-0.25, -0.2) is 19.2 Å². The number of aliphatic carboxylic acids is 1. The number of pyridine rings is 2. The zero-order valence-electron chi connectivity index (χ0n) is 23.0. The van der Waals surface area contributed by atoms with Crippen molar-refractivity contribution in [3.8, 4) is 5.88 Å². The molecule has 0 bridgehead atoms. The standard InChI is InChI=1S/C29H32FN5O5/c1-17-23(15-32-27-26(17)35(9-10-39-27)28(38)40-29(2,3)4)34-8-7-19-14-31-24(11-20(19)16-34)33-21-6-5-18(12-25(36)37)22(30)13-21/h5-6,11,13-15H,7-10,12,16H2,1-4H3,(H,31,33)(H,36,37). The molecule has 2 N–H and O–H groups in total. The molecule has 5 rings (SSSR count). The van der Waals surface area contributed by atoms with Crippen molar-refractivity contribution in [2.24, 2.45) is 0 Å². The van der Waals surface area contributed by atoms with E-state index in [9.17, 15) is 14.0 Å². The van der Waals surface area contributed by atoms with Crippen molar-refractivity contribution in [3.63, 3.8) is 0 Å². The molecule has 0 atom stereocenters. The molecule has 10 nitrogen and oxygen atoms in total. The number of hydrogen-bond donors (Lipinski definition) is 2. The maximum Gasteiger partial charge on any atom is 0.415 e. The minimum atomic E-state index is -1.09. The number of aromatic nitrogens is 2. The number of carbonyl (C=O) groups is 2. The number of rotatable bonds is 5. The van der Waals surface area contributed by atoms with Gasteiger partial charge in [-0.1, -0.05) is 6.07 Å². The SMILES string of the molecule is Cc1c(N2CCc3cnc(Nc4ccc(CC(=O)O)c(F)c4)cc3C2)cnc2c1N(C(=O)OC(C)(C)C)CCO2. The maximum atomic E-state index is 14.4. The van der Waals surface area contributed by atoms with Gasteiger partial charge in [0, 0.05) is 30.5 Å². The summed E-state index contributed by atoms with van der Waals surface area (Å²) in [7, 11) is 0. The van der Waals surface area contributed by atoms with Gasteiger partial charge in [0.05, 0.1) is 24.8 Å². The predicted molar refractivity (Wildman–Crippen MR) is 148 cm³/mol. The lowest BCUT2D eigenvalue weighted by Gasteiger charge is -2.35. The zero-order chi connectivity index (χ0) is 28.6. The van der Waals surface area contributed by atoms with Gasteiger partial charge in [-0.05, 0) is 69.0 Å².